The maximum atomic E-state index is 12.0. The normalized spacial score (nSPS) is 10.7. The lowest BCUT2D eigenvalue weighted by Gasteiger charge is -2.21. The Hall–Kier alpha value is -0.430. The van der Waals surface area contributed by atoms with Crippen LogP contribution < -0.4 is 0 Å². The van der Waals surface area contributed by atoms with Crippen LogP contribution in [0.2, 0.25) is 0 Å². The van der Waals surface area contributed by atoms with Crippen molar-refractivity contribution in [1.82, 2.24) is 9.27 Å². The van der Waals surface area contributed by atoms with E-state index in [-0.39, 0.29) is 11.8 Å². The minimum atomic E-state index is -0.0604. The molecule has 2 heterocycles. The molecule has 0 atom stereocenters. The topological polar surface area (TPSA) is 33.2 Å². The number of amides is 1. The summed E-state index contributed by atoms with van der Waals surface area (Å²) in [5.74, 6) is -0.0596. The number of nitrogens with zero attached hydrogens (tertiary/aromatic N) is 2. The Morgan fingerprint density at radius 3 is 2.74 bits per heavy atom. The third-order valence-electron chi connectivity index (χ3n) is 2.68. The fourth-order valence-electron chi connectivity index (χ4n) is 1.57. The SMILES string of the molecule is Cc1cnsc1CN(Cc1sccc1Br)C(=O)CCl. The molecule has 0 aromatic carbocycles. The van der Waals surface area contributed by atoms with Gasteiger partial charge >= 0.3 is 0 Å². The van der Waals surface area contributed by atoms with Gasteiger partial charge in [-0.1, -0.05) is 0 Å². The Kier molecular flexibility index (Phi) is 5.38. The van der Waals surface area contributed by atoms with Gasteiger partial charge in [-0.05, 0) is 51.4 Å². The van der Waals surface area contributed by atoms with Gasteiger partial charge in [-0.15, -0.1) is 22.9 Å². The maximum absolute atomic E-state index is 12.0. The highest BCUT2D eigenvalue weighted by Crippen LogP contribution is 2.25. The summed E-state index contributed by atoms with van der Waals surface area (Å²) in [4.78, 5) is 16.0. The molecule has 7 heteroatoms. The van der Waals surface area contributed by atoms with Crippen LogP contribution in [0.5, 0.6) is 0 Å². The molecule has 1 amide bonds. The summed E-state index contributed by atoms with van der Waals surface area (Å²) in [7, 11) is 0. The molecule has 0 spiro atoms. The van der Waals surface area contributed by atoms with E-state index in [1.54, 1.807) is 16.2 Å². The second-order valence-corrected chi connectivity index (χ2v) is 7.02. The number of rotatable bonds is 5. The molecule has 0 saturated carbocycles. The number of hydrogen-bond acceptors (Lipinski definition) is 4. The summed E-state index contributed by atoms with van der Waals surface area (Å²) in [6, 6.07) is 1.99. The highest BCUT2D eigenvalue weighted by atomic mass is 79.9. The summed E-state index contributed by atoms with van der Waals surface area (Å²) in [6.07, 6.45) is 1.82. The standard InChI is InChI=1S/C12H12BrClN2OS2/c1-8-5-15-19-10(8)6-16(12(17)4-14)7-11-9(13)2-3-18-11/h2-3,5H,4,6-7H2,1H3. The van der Waals surface area contributed by atoms with Crippen LogP contribution in [0.4, 0.5) is 0 Å². The highest BCUT2D eigenvalue weighted by Gasteiger charge is 2.17. The molecule has 0 radical (unpaired) electrons. The lowest BCUT2D eigenvalue weighted by molar-refractivity contribution is -0.129. The van der Waals surface area contributed by atoms with Gasteiger partial charge in [0.2, 0.25) is 5.91 Å². The lowest BCUT2D eigenvalue weighted by Crippen LogP contribution is -2.30. The number of aromatic nitrogens is 1. The average Bonchev–Trinajstić information content (AvgIpc) is 2.98. The third-order valence-corrected chi connectivity index (χ3v) is 5.70. The maximum Gasteiger partial charge on any atom is 0.238 e. The summed E-state index contributed by atoms with van der Waals surface area (Å²) < 4.78 is 5.17. The minimum Gasteiger partial charge on any atom is -0.331 e. The van der Waals surface area contributed by atoms with Crippen molar-refractivity contribution in [3.05, 3.63) is 37.4 Å². The first kappa shape index (κ1) is 15.0. The molecule has 19 heavy (non-hydrogen) atoms. The molecule has 0 unspecified atom stereocenters. The van der Waals surface area contributed by atoms with Crippen molar-refractivity contribution in [2.45, 2.75) is 20.0 Å². The van der Waals surface area contributed by atoms with Crippen molar-refractivity contribution < 1.29 is 4.79 Å². The molecule has 2 aromatic heterocycles. The smallest absolute Gasteiger partial charge is 0.238 e. The van der Waals surface area contributed by atoms with Gasteiger partial charge in [-0.3, -0.25) is 4.79 Å². The zero-order chi connectivity index (χ0) is 13.8. The van der Waals surface area contributed by atoms with E-state index in [2.05, 4.69) is 20.3 Å². The van der Waals surface area contributed by atoms with E-state index in [0.29, 0.717) is 13.1 Å². The molecular formula is C12H12BrClN2OS2. The average molecular weight is 380 g/mol. The molecule has 0 bridgehead atoms. The molecule has 0 aliphatic heterocycles. The second kappa shape index (κ2) is 6.83. The van der Waals surface area contributed by atoms with Gasteiger partial charge in [0.15, 0.2) is 0 Å². The van der Waals surface area contributed by atoms with Gasteiger partial charge in [0.1, 0.15) is 5.88 Å². The molecular weight excluding hydrogens is 368 g/mol. The molecule has 102 valence electrons. The molecule has 2 rings (SSSR count). The summed E-state index contributed by atoms with van der Waals surface area (Å²) in [5, 5.41) is 2.00. The Balaban J connectivity index is 2.15. The summed E-state index contributed by atoms with van der Waals surface area (Å²) >= 11 is 12.2. The quantitative estimate of drug-likeness (QED) is 0.734. The third kappa shape index (κ3) is 3.78. The molecule has 0 saturated heterocycles. The van der Waals surface area contributed by atoms with E-state index in [1.807, 2.05) is 24.6 Å². The zero-order valence-electron chi connectivity index (χ0n) is 10.2. The predicted molar refractivity (Wildman–Crippen MR) is 83.8 cm³/mol. The predicted octanol–water partition coefficient (Wildman–Crippen LogP) is 4.04. The number of carbonyl (C=O) groups excluding carboxylic acids is 1. The molecule has 0 aliphatic rings. The van der Waals surface area contributed by atoms with Gasteiger partial charge in [-0.25, -0.2) is 4.37 Å². The van der Waals surface area contributed by atoms with E-state index in [9.17, 15) is 4.79 Å². The van der Waals surface area contributed by atoms with Crippen LogP contribution >= 0.6 is 50.4 Å². The van der Waals surface area contributed by atoms with E-state index < -0.39 is 0 Å². The second-order valence-electron chi connectivity index (χ2n) is 4.01. The Morgan fingerprint density at radius 2 is 2.21 bits per heavy atom. The highest BCUT2D eigenvalue weighted by molar-refractivity contribution is 9.10. The van der Waals surface area contributed by atoms with Crippen molar-refractivity contribution >= 4 is 56.3 Å². The zero-order valence-corrected chi connectivity index (χ0v) is 14.2. The number of aryl methyl sites for hydroxylation is 1. The van der Waals surface area contributed by atoms with Crippen molar-refractivity contribution in [3.8, 4) is 0 Å². The molecule has 2 aromatic rings. The van der Waals surface area contributed by atoms with E-state index in [1.165, 1.54) is 11.5 Å². The fourth-order valence-corrected chi connectivity index (χ4v) is 3.98. The monoisotopic (exact) mass is 378 g/mol. The number of carbonyl (C=O) groups is 1. The number of thiophene rings is 1. The Bertz CT molecular complexity index is 527. The first-order valence-corrected chi connectivity index (χ1v) is 8.55. The fraction of sp³-hybridized carbons (Fsp3) is 0.333. The largest absolute Gasteiger partial charge is 0.331 e. The van der Waals surface area contributed by atoms with Gasteiger partial charge < -0.3 is 4.90 Å². The van der Waals surface area contributed by atoms with Crippen LogP contribution in [-0.2, 0) is 17.9 Å². The van der Waals surface area contributed by atoms with Crippen LogP contribution in [0.3, 0.4) is 0 Å². The van der Waals surface area contributed by atoms with Gasteiger partial charge in [0, 0.05) is 20.4 Å². The van der Waals surface area contributed by atoms with Gasteiger partial charge in [-0.2, -0.15) is 0 Å². The van der Waals surface area contributed by atoms with Gasteiger partial charge in [0.25, 0.3) is 0 Å². The van der Waals surface area contributed by atoms with Crippen molar-refractivity contribution in [1.29, 1.82) is 0 Å². The minimum absolute atomic E-state index is 0.000839. The molecule has 0 fully saturated rings. The van der Waals surface area contributed by atoms with Crippen LogP contribution in [0.15, 0.2) is 22.1 Å². The first-order chi connectivity index (χ1) is 9.11. The van der Waals surface area contributed by atoms with Crippen molar-refractivity contribution in [3.63, 3.8) is 0 Å². The van der Waals surface area contributed by atoms with Crippen molar-refractivity contribution in [2.24, 2.45) is 0 Å². The van der Waals surface area contributed by atoms with Crippen LogP contribution in [0.25, 0.3) is 0 Å². The van der Waals surface area contributed by atoms with Crippen LogP contribution in [0, 0.1) is 6.92 Å². The van der Waals surface area contributed by atoms with Gasteiger partial charge in [0.05, 0.1) is 13.1 Å². The van der Waals surface area contributed by atoms with E-state index >= 15 is 0 Å². The number of alkyl halides is 1. The number of hydrogen-bond donors (Lipinski definition) is 0. The van der Waals surface area contributed by atoms with Crippen molar-refractivity contribution in [2.75, 3.05) is 5.88 Å². The van der Waals surface area contributed by atoms with Crippen LogP contribution in [-0.4, -0.2) is 21.1 Å². The Labute approximate surface area is 133 Å². The van der Waals surface area contributed by atoms with E-state index in [0.717, 1.165) is 19.8 Å². The first-order valence-electron chi connectivity index (χ1n) is 5.57. The molecule has 0 aliphatic carbocycles. The summed E-state index contributed by atoms with van der Waals surface area (Å²) in [5.41, 5.74) is 1.11. The Morgan fingerprint density at radius 1 is 1.47 bits per heavy atom. The number of halogens is 2. The summed E-state index contributed by atoms with van der Waals surface area (Å²) in [6.45, 7) is 3.14. The lowest BCUT2D eigenvalue weighted by atomic mass is 10.3. The molecule has 3 nitrogen and oxygen atoms in total. The van der Waals surface area contributed by atoms with Crippen LogP contribution in [0.1, 0.15) is 15.3 Å². The van der Waals surface area contributed by atoms with E-state index in [4.69, 9.17) is 11.6 Å². The molecule has 0 N–H and O–H groups in total.